The number of amides is 1. The zero-order valence-corrected chi connectivity index (χ0v) is 14.3. The van der Waals surface area contributed by atoms with Crippen LogP contribution in [0.3, 0.4) is 0 Å². The van der Waals surface area contributed by atoms with Crippen LogP contribution >= 0.6 is 0 Å². The molecule has 22 heavy (non-hydrogen) atoms. The standard InChI is InChI=1S/C17H32N2O3/c1-17(2,3)22-16(21)19-11-4-5-13(10-12-19)18-14-6-8-15(20)9-7-14/h13-15,18,20H,4-12H2,1-3H3. The summed E-state index contributed by atoms with van der Waals surface area (Å²) in [5.74, 6) is 0. The van der Waals surface area contributed by atoms with E-state index in [1.165, 1.54) is 0 Å². The minimum Gasteiger partial charge on any atom is -0.444 e. The Hall–Kier alpha value is -0.810. The third-order valence-electron chi connectivity index (χ3n) is 4.55. The number of carbonyl (C=O) groups is 1. The molecule has 0 aromatic carbocycles. The molecule has 0 aromatic rings. The molecule has 1 unspecified atom stereocenters. The van der Waals surface area contributed by atoms with Gasteiger partial charge in [-0.25, -0.2) is 4.79 Å². The largest absolute Gasteiger partial charge is 0.444 e. The quantitative estimate of drug-likeness (QED) is 0.823. The Morgan fingerprint density at radius 1 is 1.05 bits per heavy atom. The predicted octanol–water partition coefficient (Wildman–Crippen LogP) is 2.67. The van der Waals surface area contributed by atoms with E-state index in [-0.39, 0.29) is 12.2 Å². The van der Waals surface area contributed by atoms with Crippen LogP contribution in [0.15, 0.2) is 0 Å². The van der Waals surface area contributed by atoms with Gasteiger partial charge in [0.2, 0.25) is 0 Å². The summed E-state index contributed by atoms with van der Waals surface area (Å²) < 4.78 is 5.47. The molecule has 2 N–H and O–H groups in total. The first-order chi connectivity index (χ1) is 10.3. The molecule has 1 amide bonds. The Morgan fingerprint density at radius 3 is 2.32 bits per heavy atom. The van der Waals surface area contributed by atoms with Crippen LogP contribution in [-0.2, 0) is 4.74 Å². The summed E-state index contributed by atoms with van der Waals surface area (Å²) in [5.41, 5.74) is -0.427. The lowest BCUT2D eigenvalue weighted by atomic mass is 9.92. The van der Waals surface area contributed by atoms with Crippen LogP contribution in [0.25, 0.3) is 0 Å². The Labute approximate surface area is 134 Å². The van der Waals surface area contributed by atoms with Crippen molar-refractivity contribution in [2.75, 3.05) is 13.1 Å². The Balaban J connectivity index is 1.76. The van der Waals surface area contributed by atoms with Gasteiger partial charge in [0.1, 0.15) is 5.60 Å². The number of hydrogen-bond acceptors (Lipinski definition) is 4. The van der Waals surface area contributed by atoms with Crippen LogP contribution in [0.1, 0.15) is 65.7 Å². The molecule has 1 heterocycles. The summed E-state index contributed by atoms with van der Waals surface area (Å²) in [6, 6.07) is 1.01. The van der Waals surface area contributed by atoms with Crippen molar-refractivity contribution in [2.24, 2.45) is 0 Å². The topological polar surface area (TPSA) is 61.8 Å². The molecule has 0 bridgehead atoms. The van der Waals surface area contributed by atoms with Crippen LogP contribution in [0.4, 0.5) is 4.79 Å². The van der Waals surface area contributed by atoms with E-state index in [4.69, 9.17) is 4.74 Å². The van der Waals surface area contributed by atoms with Gasteiger partial charge in [-0.1, -0.05) is 0 Å². The fourth-order valence-corrected chi connectivity index (χ4v) is 3.35. The summed E-state index contributed by atoms with van der Waals surface area (Å²) >= 11 is 0. The summed E-state index contributed by atoms with van der Waals surface area (Å²) in [4.78, 5) is 14.0. The minimum atomic E-state index is -0.427. The van der Waals surface area contributed by atoms with E-state index in [0.29, 0.717) is 12.1 Å². The molecule has 2 aliphatic rings. The number of carbonyl (C=O) groups excluding carboxylic acids is 1. The number of nitrogens with zero attached hydrogens (tertiary/aromatic N) is 1. The highest BCUT2D eigenvalue weighted by Gasteiger charge is 2.27. The second-order valence-corrected chi connectivity index (χ2v) is 7.77. The monoisotopic (exact) mass is 312 g/mol. The van der Waals surface area contributed by atoms with E-state index in [0.717, 1.165) is 58.0 Å². The minimum absolute atomic E-state index is 0.102. The Morgan fingerprint density at radius 2 is 1.68 bits per heavy atom. The first-order valence-corrected chi connectivity index (χ1v) is 8.75. The lowest BCUT2D eigenvalue weighted by molar-refractivity contribution is 0.0255. The number of aliphatic hydroxyl groups is 1. The number of hydrogen-bond donors (Lipinski definition) is 2. The van der Waals surface area contributed by atoms with Gasteiger partial charge in [0.15, 0.2) is 0 Å². The second kappa shape index (κ2) is 7.64. The molecule has 0 aromatic heterocycles. The van der Waals surface area contributed by atoms with Crippen molar-refractivity contribution in [3.8, 4) is 0 Å². The zero-order valence-electron chi connectivity index (χ0n) is 14.3. The van der Waals surface area contributed by atoms with E-state index >= 15 is 0 Å². The summed E-state index contributed by atoms with van der Waals surface area (Å²) in [5, 5.41) is 13.3. The SMILES string of the molecule is CC(C)(C)OC(=O)N1CCCC(NC2CCC(O)CC2)CC1. The van der Waals surface area contributed by atoms with Gasteiger partial charge in [-0.2, -0.15) is 0 Å². The molecule has 0 radical (unpaired) electrons. The molecular weight excluding hydrogens is 280 g/mol. The highest BCUT2D eigenvalue weighted by Crippen LogP contribution is 2.21. The highest BCUT2D eigenvalue weighted by molar-refractivity contribution is 5.68. The van der Waals surface area contributed by atoms with Gasteiger partial charge in [-0.15, -0.1) is 0 Å². The van der Waals surface area contributed by atoms with E-state index in [9.17, 15) is 9.90 Å². The number of nitrogens with one attached hydrogen (secondary N) is 1. The molecule has 1 saturated heterocycles. The molecule has 5 heteroatoms. The lowest BCUT2D eigenvalue weighted by Crippen LogP contribution is -2.42. The number of rotatable bonds is 2. The third-order valence-corrected chi connectivity index (χ3v) is 4.55. The molecule has 1 atom stereocenters. The van der Waals surface area contributed by atoms with Gasteiger partial charge in [0.25, 0.3) is 0 Å². The summed E-state index contributed by atoms with van der Waals surface area (Å²) in [6.07, 6.45) is 6.77. The van der Waals surface area contributed by atoms with Crippen LogP contribution in [-0.4, -0.2) is 53.0 Å². The molecule has 1 saturated carbocycles. The van der Waals surface area contributed by atoms with Gasteiger partial charge >= 0.3 is 6.09 Å². The maximum absolute atomic E-state index is 12.2. The Bertz CT molecular complexity index is 359. The molecular formula is C17H32N2O3. The molecule has 1 aliphatic carbocycles. The van der Waals surface area contributed by atoms with Crippen LogP contribution < -0.4 is 5.32 Å². The van der Waals surface area contributed by atoms with E-state index in [2.05, 4.69) is 5.32 Å². The molecule has 128 valence electrons. The Kier molecular flexibility index (Phi) is 6.09. The highest BCUT2D eigenvalue weighted by atomic mass is 16.6. The normalized spacial score (nSPS) is 30.7. The first kappa shape index (κ1) is 17.5. The van der Waals surface area contributed by atoms with E-state index in [1.54, 1.807) is 0 Å². The average Bonchev–Trinajstić information content (AvgIpc) is 2.65. The maximum atomic E-state index is 12.2. The predicted molar refractivity (Wildman–Crippen MR) is 86.8 cm³/mol. The van der Waals surface area contributed by atoms with Gasteiger partial charge < -0.3 is 20.1 Å². The van der Waals surface area contributed by atoms with Gasteiger partial charge in [-0.3, -0.25) is 0 Å². The van der Waals surface area contributed by atoms with Gasteiger partial charge in [0, 0.05) is 25.2 Å². The molecule has 2 rings (SSSR count). The number of aliphatic hydroxyl groups excluding tert-OH is 1. The van der Waals surface area contributed by atoms with Crippen molar-refractivity contribution in [3.63, 3.8) is 0 Å². The fourth-order valence-electron chi connectivity index (χ4n) is 3.35. The van der Waals surface area contributed by atoms with E-state index < -0.39 is 5.60 Å². The molecule has 5 nitrogen and oxygen atoms in total. The number of likely N-dealkylation sites (tertiary alicyclic amines) is 1. The maximum Gasteiger partial charge on any atom is 0.410 e. The van der Waals surface area contributed by atoms with Crippen molar-refractivity contribution in [2.45, 2.75) is 89.5 Å². The third kappa shape index (κ3) is 5.76. The van der Waals surface area contributed by atoms with Crippen molar-refractivity contribution in [3.05, 3.63) is 0 Å². The van der Waals surface area contributed by atoms with Crippen LogP contribution in [0.2, 0.25) is 0 Å². The second-order valence-electron chi connectivity index (χ2n) is 7.77. The van der Waals surface area contributed by atoms with E-state index in [1.807, 2.05) is 25.7 Å². The van der Waals surface area contributed by atoms with Gasteiger partial charge in [-0.05, 0) is 65.7 Å². The fraction of sp³-hybridized carbons (Fsp3) is 0.941. The number of ether oxygens (including phenoxy) is 1. The average molecular weight is 312 g/mol. The summed E-state index contributed by atoms with van der Waals surface area (Å²) in [6.45, 7) is 7.28. The van der Waals surface area contributed by atoms with Gasteiger partial charge in [0.05, 0.1) is 6.10 Å². The molecule has 2 fully saturated rings. The zero-order chi connectivity index (χ0) is 16.2. The van der Waals surface area contributed by atoms with Crippen LogP contribution in [0, 0.1) is 0 Å². The first-order valence-electron chi connectivity index (χ1n) is 8.75. The lowest BCUT2D eigenvalue weighted by Gasteiger charge is -2.30. The van der Waals surface area contributed by atoms with Crippen LogP contribution in [0.5, 0.6) is 0 Å². The van der Waals surface area contributed by atoms with Crippen molar-refractivity contribution in [1.29, 1.82) is 0 Å². The van der Waals surface area contributed by atoms with Crippen molar-refractivity contribution < 1.29 is 14.6 Å². The molecule has 1 aliphatic heterocycles. The smallest absolute Gasteiger partial charge is 0.410 e. The molecule has 0 spiro atoms. The van der Waals surface area contributed by atoms with Crippen molar-refractivity contribution >= 4 is 6.09 Å². The summed E-state index contributed by atoms with van der Waals surface area (Å²) in [7, 11) is 0. The van der Waals surface area contributed by atoms with Crippen molar-refractivity contribution in [1.82, 2.24) is 10.2 Å².